The van der Waals surface area contributed by atoms with Crippen LogP contribution in [0.1, 0.15) is 106 Å². The van der Waals surface area contributed by atoms with Crippen LogP contribution in [0.3, 0.4) is 0 Å². The van der Waals surface area contributed by atoms with Gasteiger partial charge in [-0.3, -0.25) is 9.59 Å². The number of ether oxygens (including phenoxy) is 2. The molecule has 4 aliphatic carbocycles. The van der Waals surface area contributed by atoms with Crippen LogP contribution in [-0.4, -0.2) is 30.6 Å². The molecule has 0 spiro atoms. The highest BCUT2D eigenvalue weighted by Crippen LogP contribution is 2.69. The molecule has 0 radical (unpaired) electrons. The maximum atomic E-state index is 11.9. The first-order chi connectivity index (χ1) is 17.6. The van der Waals surface area contributed by atoms with Gasteiger partial charge in [0.1, 0.15) is 12.2 Å². The van der Waals surface area contributed by atoms with E-state index in [1.807, 2.05) is 6.92 Å². The van der Waals surface area contributed by atoms with Crippen molar-refractivity contribution in [2.24, 2.45) is 40.4 Å². The zero-order valence-corrected chi connectivity index (χ0v) is 24.0. The van der Waals surface area contributed by atoms with E-state index in [-0.39, 0.29) is 23.4 Å². The molecule has 1 aliphatic heterocycles. The number of hydrogen-bond donors (Lipinski definition) is 1. The Morgan fingerprint density at radius 3 is 2.73 bits per heavy atom. The third-order valence-corrected chi connectivity index (χ3v) is 11.4. The van der Waals surface area contributed by atoms with Crippen LogP contribution in [0.4, 0.5) is 0 Å². The van der Waals surface area contributed by atoms with Crippen molar-refractivity contribution in [3.63, 3.8) is 0 Å². The summed E-state index contributed by atoms with van der Waals surface area (Å²) in [5.41, 5.74) is 3.67. The van der Waals surface area contributed by atoms with Crippen molar-refractivity contribution in [1.29, 1.82) is 0 Å². The van der Waals surface area contributed by atoms with Crippen molar-refractivity contribution < 1.29 is 19.1 Å². The summed E-state index contributed by atoms with van der Waals surface area (Å²) in [5.74, 6) is 4.45. The zero-order chi connectivity index (χ0) is 26.5. The molecule has 0 aromatic carbocycles. The number of hydrogen-bond acceptors (Lipinski definition) is 4. The first-order valence-corrected chi connectivity index (χ1v) is 15.1. The van der Waals surface area contributed by atoms with E-state index in [4.69, 9.17) is 9.47 Å². The van der Waals surface area contributed by atoms with Gasteiger partial charge in [0.2, 0.25) is 5.91 Å². The Balaban J connectivity index is 1.28. The first kappa shape index (κ1) is 26.8. The van der Waals surface area contributed by atoms with Crippen LogP contribution >= 0.6 is 0 Å². The normalized spacial score (nSPS) is 41.0. The van der Waals surface area contributed by atoms with E-state index in [9.17, 15) is 9.59 Å². The minimum absolute atomic E-state index is 0.0509. The highest BCUT2D eigenvalue weighted by Gasteiger charge is 2.63. The summed E-state index contributed by atoms with van der Waals surface area (Å²) in [6, 6.07) is 0. The molecule has 3 fully saturated rings. The second kappa shape index (κ2) is 10.1. The summed E-state index contributed by atoms with van der Waals surface area (Å²) in [7, 11) is 0. The molecule has 5 heteroatoms. The molecule has 5 aliphatic rings. The van der Waals surface area contributed by atoms with Gasteiger partial charge in [-0.2, -0.15) is 0 Å². The van der Waals surface area contributed by atoms with Gasteiger partial charge in [-0.15, -0.1) is 0 Å². The first-order valence-electron chi connectivity index (χ1n) is 15.1. The number of carbonyl (C=O) groups is 2. The molecule has 0 bridgehead atoms. The van der Waals surface area contributed by atoms with Crippen molar-refractivity contribution in [3.05, 3.63) is 23.0 Å². The zero-order valence-electron chi connectivity index (χ0n) is 24.0. The molecule has 5 nitrogen and oxygen atoms in total. The van der Waals surface area contributed by atoms with Gasteiger partial charge < -0.3 is 14.8 Å². The quantitative estimate of drug-likeness (QED) is 0.304. The second-order valence-electron chi connectivity index (χ2n) is 13.6. The van der Waals surface area contributed by atoms with E-state index in [2.05, 4.69) is 39.1 Å². The number of allylic oxidation sites excluding steroid dienone is 2. The van der Waals surface area contributed by atoms with Crippen molar-refractivity contribution in [3.8, 4) is 0 Å². The molecule has 206 valence electrons. The third-order valence-electron chi connectivity index (χ3n) is 11.4. The molecule has 37 heavy (non-hydrogen) atoms. The monoisotopic (exact) mass is 511 g/mol. The summed E-state index contributed by atoms with van der Waals surface area (Å²) < 4.78 is 12.5. The Bertz CT molecular complexity index is 983. The van der Waals surface area contributed by atoms with Crippen LogP contribution in [0.5, 0.6) is 0 Å². The van der Waals surface area contributed by atoms with Crippen LogP contribution in [0.25, 0.3) is 0 Å². The smallest absolute Gasteiger partial charge is 0.305 e. The second-order valence-corrected chi connectivity index (χ2v) is 13.6. The maximum Gasteiger partial charge on any atom is 0.305 e. The van der Waals surface area contributed by atoms with E-state index in [0.29, 0.717) is 29.8 Å². The molecular weight excluding hydrogens is 462 g/mol. The van der Waals surface area contributed by atoms with Crippen LogP contribution in [-0.2, 0) is 19.1 Å². The summed E-state index contributed by atoms with van der Waals surface area (Å²) in [6.45, 7) is 13.9. The minimum atomic E-state index is -0.0567. The Kier molecular flexibility index (Phi) is 7.30. The van der Waals surface area contributed by atoms with Crippen molar-refractivity contribution in [1.82, 2.24) is 5.32 Å². The Morgan fingerprint density at radius 1 is 1.22 bits per heavy atom. The molecule has 3 saturated carbocycles. The molecular formula is C32H49NO4. The fraction of sp³-hybridized carbons (Fsp3) is 0.812. The summed E-state index contributed by atoms with van der Waals surface area (Å²) in [6.07, 6.45) is 13.5. The predicted molar refractivity (Wildman–Crippen MR) is 145 cm³/mol. The van der Waals surface area contributed by atoms with Gasteiger partial charge in [0.25, 0.3) is 0 Å². The molecule has 9 atom stereocenters. The van der Waals surface area contributed by atoms with E-state index in [1.54, 1.807) is 12.5 Å². The number of nitrogens with one attached hydrogen (secondary N) is 1. The highest BCUT2D eigenvalue weighted by atomic mass is 16.5. The summed E-state index contributed by atoms with van der Waals surface area (Å²) in [4.78, 5) is 23.2. The lowest BCUT2D eigenvalue weighted by molar-refractivity contribution is -0.151. The van der Waals surface area contributed by atoms with E-state index in [0.717, 1.165) is 56.4 Å². The molecule has 0 unspecified atom stereocenters. The fourth-order valence-electron chi connectivity index (χ4n) is 9.38. The molecule has 1 amide bonds. The largest absolute Gasteiger partial charge is 0.494 e. The van der Waals surface area contributed by atoms with Gasteiger partial charge in [-0.25, -0.2) is 0 Å². The summed E-state index contributed by atoms with van der Waals surface area (Å²) >= 11 is 0. The van der Waals surface area contributed by atoms with Gasteiger partial charge in [-0.05, 0) is 91.9 Å². The lowest BCUT2D eigenvalue weighted by atomic mass is 9.47. The molecule has 5 rings (SSSR count). The third kappa shape index (κ3) is 4.67. The lowest BCUT2D eigenvalue weighted by Crippen LogP contribution is -2.50. The Labute approximate surface area is 224 Å². The number of amides is 1. The van der Waals surface area contributed by atoms with E-state index in [1.165, 1.54) is 37.0 Å². The van der Waals surface area contributed by atoms with Gasteiger partial charge in [0.15, 0.2) is 0 Å². The van der Waals surface area contributed by atoms with E-state index < -0.39 is 0 Å². The molecule has 0 aromatic heterocycles. The molecule has 0 aromatic rings. The SMILES string of the molecule is CCC(=O)O[C@@H]1CC[C@@]2(C)C(=CC[C@@H]3[C@@H]4C[C@@H]5OC(CC[C@H](C)CNC(C)=O)=C(C)[C@@H]5[C@@]4(C)CC[C@@H]32)C1. The molecule has 1 heterocycles. The average molecular weight is 512 g/mol. The van der Waals surface area contributed by atoms with Gasteiger partial charge >= 0.3 is 5.97 Å². The predicted octanol–water partition coefficient (Wildman–Crippen LogP) is 6.72. The lowest BCUT2D eigenvalue weighted by Gasteiger charge is -2.58. The topological polar surface area (TPSA) is 64.6 Å². The van der Waals surface area contributed by atoms with Crippen molar-refractivity contribution in [2.75, 3.05) is 6.54 Å². The van der Waals surface area contributed by atoms with Crippen LogP contribution in [0.15, 0.2) is 23.0 Å². The number of esters is 1. The van der Waals surface area contributed by atoms with Crippen LogP contribution in [0, 0.1) is 40.4 Å². The van der Waals surface area contributed by atoms with Crippen LogP contribution in [0.2, 0.25) is 0 Å². The van der Waals surface area contributed by atoms with Gasteiger partial charge in [0.05, 0.1) is 5.76 Å². The number of fused-ring (bicyclic) bond motifs is 7. The number of rotatable bonds is 7. The molecule has 0 saturated heterocycles. The van der Waals surface area contributed by atoms with Crippen molar-refractivity contribution >= 4 is 11.9 Å². The van der Waals surface area contributed by atoms with E-state index >= 15 is 0 Å². The minimum Gasteiger partial charge on any atom is -0.494 e. The number of carbonyl (C=O) groups excluding carboxylic acids is 2. The fourth-order valence-corrected chi connectivity index (χ4v) is 9.38. The Hall–Kier alpha value is -1.78. The average Bonchev–Trinajstić information content (AvgIpc) is 3.34. The van der Waals surface area contributed by atoms with Gasteiger partial charge in [0, 0.05) is 38.6 Å². The van der Waals surface area contributed by atoms with Crippen LogP contribution < -0.4 is 5.32 Å². The maximum absolute atomic E-state index is 11.9. The summed E-state index contributed by atoms with van der Waals surface area (Å²) in [5, 5.41) is 2.96. The van der Waals surface area contributed by atoms with Crippen molar-refractivity contribution in [2.45, 2.75) is 118 Å². The highest BCUT2D eigenvalue weighted by molar-refractivity contribution is 5.72. The Morgan fingerprint density at radius 2 is 2.00 bits per heavy atom. The molecule has 1 N–H and O–H groups in total. The van der Waals surface area contributed by atoms with Gasteiger partial charge in [-0.1, -0.05) is 39.3 Å². The standard InChI is InChI=1S/C32H49NO4/c1-7-29(35)36-23-12-14-31(5)22(16-23)9-10-24-25(31)13-15-32(6)26(24)17-28-30(32)20(3)27(37-28)11-8-19(2)18-33-21(4)34/h9,19,23-26,28,30H,7-8,10-18H2,1-6H3,(H,33,34)/t19-,23+,24-,25-,26-,28-,30-,31-,32-/m0/s1.